The van der Waals surface area contributed by atoms with Gasteiger partial charge in [0.15, 0.2) is 0 Å². The van der Waals surface area contributed by atoms with E-state index in [-0.39, 0.29) is 5.91 Å². The number of anilines is 2. The summed E-state index contributed by atoms with van der Waals surface area (Å²) in [4.78, 5) is 38.5. The third kappa shape index (κ3) is 2.03. The third-order valence-corrected chi connectivity index (χ3v) is 3.74. The van der Waals surface area contributed by atoms with Gasteiger partial charge in [-0.2, -0.15) is 0 Å². The van der Waals surface area contributed by atoms with Gasteiger partial charge in [-0.05, 0) is 24.6 Å². The Labute approximate surface area is 116 Å². The Balaban J connectivity index is 1.88. The lowest BCUT2D eigenvalue weighted by Gasteiger charge is -2.22. The van der Waals surface area contributed by atoms with Gasteiger partial charge in [0.25, 0.3) is 11.7 Å². The van der Waals surface area contributed by atoms with Crippen molar-refractivity contribution in [3.63, 3.8) is 0 Å². The number of hydrogen-bond donors (Lipinski definition) is 1. The van der Waals surface area contributed by atoms with Crippen molar-refractivity contribution in [1.82, 2.24) is 4.90 Å². The Morgan fingerprint density at radius 1 is 1.15 bits per heavy atom. The molecule has 0 saturated carbocycles. The lowest BCUT2D eigenvalue weighted by molar-refractivity contribution is -0.127. The minimum Gasteiger partial charge on any atom is -0.362 e. The van der Waals surface area contributed by atoms with Crippen molar-refractivity contribution in [3.05, 3.63) is 23.8 Å². The number of hydrogen-bond acceptors (Lipinski definition) is 4. The van der Waals surface area contributed by atoms with Gasteiger partial charge < -0.3 is 15.1 Å². The number of nitrogens with zero attached hydrogens (tertiary/aromatic N) is 2. The molecule has 3 rings (SSSR count). The van der Waals surface area contributed by atoms with E-state index in [2.05, 4.69) is 5.32 Å². The van der Waals surface area contributed by atoms with E-state index >= 15 is 0 Å². The van der Waals surface area contributed by atoms with Gasteiger partial charge >= 0.3 is 0 Å². The summed E-state index contributed by atoms with van der Waals surface area (Å²) in [5.41, 5.74) is 1.78. The van der Waals surface area contributed by atoms with Crippen molar-refractivity contribution in [2.75, 3.05) is 36.9 Å². The molecular formula is C14H15N3O3. The van der Waals surface area contributed by atoms with Gasteiger partial charge in [0.05, 0.1) is 17.8 Å². The molecule has 2 aliphatic rings. The molecule has 0 bridgehead atoms. The molecule has 0 spiro atoms. The molecule has 20 heavy (non-hydrogen) atoms. The molecule has 2 aliphatic heterocycles. The number of carbonyl (C=O) groups is 3. The van der Waals surface area contributed by atoms with Gasteiger partial charge in [-0.25, -0.2) is 0 Å². The summed E-state index contributed by atoms with van der Waals surface area (Å²) in [5.74, 6) is -1.02. The lowest BCUT2D eigenvalue weighted by atomic mass is 10.1. The van der Waals surface area contributed by atoms with Gasteiger partial charge in [-0.1, -0.05) is 0 Å². The van der Waals surface area contributed by atoms with E-state index in [1.54, 1.807) is 30.1 Å². The predicted octanol–water partition coefficient (Wildman–Crippen LogP) is 0.490. The number of Topliss-reactive ketones (excluding diaryl/α,β-unsaturated/α-hetero) is 1. The van der Waals surface area contributed by atoms with Crippen LogP contribution in [0, 0.1) is 0 Å². The van der Waals surface area contributed by atoms with E-state index in [9.17, 15) is 14.4 Å². The van der Waals surface area contributed by atoms with Crippen LogP contribution in [0.1, 0.15) is 16.8 Å². The molecular weight excluding hydrogens is 258 g/mol. The predicted molar refractivity (Wildman–Crippen MR) is 73.9 cm³/mol. The summed E-state index contributed by atoms with van der Waals surface area (Å²) >= 11 is 0. The molecule has 1 saturated heterocycles. The van der Waals surface area contributed by atoms with Crippen LogP contribution >= 0.6 is 0 Å². The van der Waals surface area contributed by atoms with Crippen LogP contribution in [0.5, 0.6) is 0 Å². The van der Waals surface area contributed by atoms with Crippen LogP contribution in [0.3, 0.4) is 0 Å². The van der Waals surface area contributed by atoms with E-state index in [4.69, 9.17) is 0 Å². The average molecular weight is 273 g/mol. The first-order chi connectivity index (χ1) is 9.56. The first-order valence-corrected chi connectivity index (χ1v) is 6.55. The maximum absolute atomic E-state index is 11.9. The largest absolute Gasteiger partial charge is 0.362 e. The van der Waals surface area contributed by atoms with E-state index in [1.807, 2.05) is 4.90 Å². The highest BCUT2D eigenvalue weighted by Crippen LogP contribution is 2.28. The van der Waals surface area contributed by atoms with Crippen LogP contribution < -0.4 is 10.2 Å². The van der Waals surface area contributed by atoms with Crippen LogP contribution in [0.4, 0.5) is 11.4 Å². The summed E-state index contributed by atoms with van der Waals surface area (Å²) in [6.45, 7) is 1.84. The molecule has 0 unspecified atom stereocenters. The molecule has 2 heterocycles. The summed E-state index contributed by atoms with van der Waals surface area (Å²) < 4.78 is 0. The maximum Gasteiger partial charge on any atom is 0.296 e. The Kier molecular flexibility index (Phi) is 2.93. The average Bonchev–Trinajstić information content (AvgIpc) is 2.60. The molecule has 0 radical (unpaired) electrons. The molecule has 1 fully saturated rings. The minimum atomic E-state index is -0.594. The minimum absolute atomic E-state index is 0.0723. The number of likely N-dealkylation sites (N-methyl/N-ethyl adjacent to an activating group) is 1. The molecule has 1 aromatic rings. The molecule has 1 N–H and O–H groups in total. The van der Waals surface area contributed by atoms with Gasteiger partial charge in [-0.15, -0.1) is 0 Å². The molecule has 6 heteroatoms. The molecule has 104 valence electrons. The van der Waals surface area contributed by atoms with Crippen LogP contribution in [0.2, 0.25) is 0 Å². The van der Waals surface area contributed by atoms with E-state index in [0.29, 0.717) is 17.8 Å². The highest BCUT2D eigenvalue weighted by molar-refractivity contribution is 6.51. The fraction of sp³-hybridized carbons (Fsp3) is 0.357. The highest BCUT2D eigenvalue weighted by Gasteiger charge is 2.29. The lowest BCUT2D eigenvalue weighted by Crippen LogP contribution is -2.34. The number of ketones is 1. The Bertz CT molecular complexity index is 612. The van der Waals surface area contributed by atoms with Gasteiger partial charge in [0, 0.05) is 25.8 Å². The van der Waals surface area contributed by atoms with Gasteiger partial charge in [-0.3, -0.25) is 14.4 Å². The summed E-state index contributed by atoms with van der Waals surface area (Å²) in [5, 5.41) is 2.55. The van der Waals surface area contributed by atoms with Crippen LogP contribution in [0.15, 0.2) is 18.2 Å². The third-order valence-electron chi connectivity index (χ3n) is 3.74. The smallest absolute Gasteiger partial charge is 0.296 e. The number of rotatable bonds is 1. The van der Waals surface area contributed by atoms with Crippen molar-refractivity contribution in [1.29, 1.82) is 0 Å². The number of carbonyl (C=O) groups excluding carboxylic acids is 3. The molecule has 2 amide bonds. The number of benzene rings is 1. The van der Waals surface area contributed by atoms with Crippen LogP contribution in [0.25, 0.3) is 0 Å². The van der Waals surface area contributed by atoms with Crippen molar-refractivity contribution in [2.24, 2.45) is 0 Å². The quantitative estimate of drug-likeness (QED) is 0.756. The zero-order chi connectivity index (χ0) is 14.3. The monoisotopic (exact) mass is 273 g/mol. The second kappa shape index (κ2) is 4.63. The molecule has 0 atom stereocenters. The fourth-order valence-corrected chi connectivity index (χ4v) is 2.54. The van der Waals surface area contributed by atoms with Gasteiger partial charge in [0.1, 0.15) is 0 Å². The Morgan fingerprint density at radius 3 is 2.75 bits per heavy atom. The number of nitrogens with one attached hydrogen (secondary N) is 1. The summed E-state index contributed by atoms with van der Waals surface area (Å²) in [6, 6.07) is 5.19. The molecule has 0 aliphatic carbocycles. The summed E-state index contributed by atoms with van der Waals surface area (Å²) in [7, 11) is 1.80. The van der Waals surface area contributed by atoms with E-state index < -0.39 is 11.7 Å². The number of amides is 2. The standard InChI is InChI=1S/C14H15N3O3/c1-16-5-2-6-17(8-12(16)18)9-3-4-10-11(7-9)15-14(20)13(10)19/h3-4,7H,2,5-6,8H2,1H3,(H,15,19,20). The zero-order valence-electron chi connectivity index (χ0n) is 11.2. The van der Waals surface area contributed by atoms with E-state index in [0.717, 1.165) is 25.2 Å². The SMILES string of the molecule is CN1CCCN(c2ccc3c(c2)NC(=O)C3=O)CC1=O. The first kappa shape index (κ1) is 12.7. The highest BCUT2D eigenvalue weighted by atomic mass is 16.2. The molecule has 1 aromatic carbocycles. The van der Waals surface area contributed by atoms with Gasteiger partial charge in [0.2, 0.25) is 5.91 Å². The maximum atomic E-state index is 11.9. The fourth-order valence-electron chi connectivity index (χ4n) is 2.54. The van der Waals surface area contributed by atoms with Crippen molar-refractivity contribution in [3.8, 4) is 0 Å². The van der Waals surface area contributed by atoms with Crippen molar-refractivity contribution < 1.29 is 14.4 Å². The molecule has 0 aromatic heterocycles. The number of fused-ring (bicyclic) bond motifs is 1. The van der Waals surface area contributed by atoms with E-state index in [1.165, 1.54) is 0 Å². The second-order valence-electron chi connectivity index (χ2n) is 5.10. The van der Waals surface area contributed by atoms with Crippen molar-refractivity contribution in [2.45, 2.75) is 6.42 Å². The summed E-state index contributed by atoms with van der Waals surface area (Å²) in [6.07, 6.45) is 0.893. The normalized spacial score (nSPS) is 18.9. The first-order valence-electron chi connectivity index (χ1n) is 6.55. The molecule has 6 nitrogen and oxygen atoms in total. The Morgan fingerprint density at radius 2 is 1.95 bits per heavy atom. The topological polar surface area (TPSA) is 69.7 Å². The zero-order valence-corrected chi connectivity index (χ0v) is 11.2. The Hall–Kier alpha value is -2.37. The second-order valence-corrected chi connectivity index (χ2v) is 5.10. The van der Waals surface area contributed by atoms with Crippen molar-refractivity contribution >= 4 is 29.0 Å². The van der Waals surface area contributed by atoms with Crippen LogP contribution in [-0.4, -0.2) is 49.2 Å². The van der Waals surface area contributed by atoms with Crippen LogP contribution in [-0.2, 0) is 9.59 Å².